The lowest BCUT2D eigenvalue weighted by Crippen LogP contribution is -2.00. The van der Waals surface area contributed by atoms with E-state index < -0.39 is 5.97 Å². The zero-order valence-electron chi connectivity index (χ0n) is 10.1. The Morgan fingerprint density at radius 3 is 2.74 bits per heavy atom. The van der Waals surface area contributed by atoms with Gasteiger partial charge < -0.3 is 5.11 Å². The number of carboxylic acid groups (broad SMARTS) is 1. The monoisotopic (exact) mass is 274 g/mol. The molecule has 3 rings (SSSR count). The summed E-state index contributed by atoms with van der Waals surface area (Å²) in [5.41, 5.74) is 2.07. The van der Waals surface area contributed by atoms with Crippen LogP contribution >= 0.6 is 11.3 Å². The Labute approximate surface area is 112 Å². The molecular weight excluding hydrogens is 264 g/mol. The number of carbonyl (C=O) groups is 1. The molecule has 0 atom stereocenters. The van der Waals surface area contributed by atoms with Crippen molar-refractivity contribution in [2.45, 2.75) is 13.3 Å². The highest BCUT2D eigenvalue weighted by molar-refractivity contribution is 7.16. The summed E-state index contributed by atoms with van der Waals surface area (Å²) in [6.07, 6.45) is -0.0959. The van der Waals surface area contributed by atoms with Crippen LogP contribution in [0.1, 0.15) is 10.6 Å². The van der Waals surface area contributed by atoms with Crippen molar-refractivity contribution >= 4 is 22.3 Å². The molecule has 3 aromatic rings. The minimum Gasteiger partial charge on any atom is -0.481 e. The van der Waals surface area contributed by atoms with Gasteiger partial charge in [0.15, 0.2) is 5.82 Å². The summed E-state index contributed by atoms with van der Waals surface area (Å²) >= 11 is 1.24. The molecule has 1 aromatic carbocycles. The number of aromatic nitrogens is 4. The molecule has 0 aliphatic rings. The summed E-state index contributed by atoms with van der Waals surface area (Å²) in [6, 6.07) is 7.87. The first-order chi connectivity index (χ1) is 9.13. The molecule has 96 valence electrons. The number of benzene rings is 1. The molecule has 7 heteroatoms. The predicted octanol–water partition coefficient (Wildman–Crippen LogP) is 1.79. The van der Waals surface area contributed by atoms with Crippen LogP contribution in [0.3, 0.4) is 0 Å². The largest absolute Gasteiger partial charge is 0.481 e. The van der Waals surface area contributed by atoms with Crippen molar-refractivity contribution in [3.63, 3.8) is 0 Å². The molecule has 0 amide bonds. The average molecular weight is 274 g/mol. The van der Waals surface area contributed by atoms with Gasteiger partial charge in [-0.3, -0.25) is 4.79 Å². The molecule has 0 bridgehead atoms. The first-order valence-corrected chi connectivity index (χ1v) is 6.45. The standard InChI is InChI=1S/C12H10N4O2S/c1-7-2-4-8(5-3-7)11-13-14-12-16(11)15-9(19-12)6-10(17)18/h2-5H,6H2,1H3,(H,17,18). The molecule has 2 aromatic heterocycles. The molecule has 19 heavy (non-hydrogen) atoms. The van der Waals surface area contributed by atoms with Crippen LogP contribution in [0, 0.1) is 6.92 Å². The van der Waals surface area contributed by atoms with Crippen molar-refractivity contribution in [2.24, 2.45) is 0 Å². The summed E-state index contributed by atoms with van der Waals surface area (Å²) in [4.78, 5) is 11.3. The van der Waals surface area contributed by atoms with Crippen molar-refractivity contribution in [1.82, 2.24) is 19.8 Å². The van der Waals surface area contributed by atoms with Crippen molar-refractivity contribution in [3.05, 3.63) is 34.8 Å². The fourth-order valence-electron chi connectivity index (χ4n) is 1.74. The second-order valence-electron chi connectivity index (χ2n) is 4.15. The van der Waals surface area contributed by atoms with Gasteiger partial charge in [0.2, 0.25) is 4.96 Å². The molecule has 0 saturated carbocycles. The third-order valence-electron chi connectivity index (χ3n) is 2.64. The Morgan fingerprint density at radius 1 is 1.32 bits per heavy atom. The van der Waals surface area contributed by atoms with E-state index in [1.54, 1.807) is 4.52 Å². The number of hydrogen-bond acceptors (Lipinski definition) is 5. The maximum Gasteiger partial charge on any atom is 0.310 e. The van der Waals surface area contributed by atoms with Gasteiger partial charge in [-0.15, -0.1) is 10.2 Å². The van der Waals surface area contributed by atoms with Crippen molar-refractivity contribution < 1.29 is 9.90 Å². The van der Waals surface area contributed by atoms with Gasteiger partial charge in [0.25, 0.3) is 0 Å². The normalized spacial score (nSPS) is 11.0. The molecular formula is C12H10N4O2S. The fourth-order valence-corrected chi connectivity index (χ4v) is 2.56. The van der Waals surface area contributed by atoms with Crippen LogP contribution in [0.5, 0.6) is 0 Å². The minimum atomic E-state index is -0.901. The van der Waals surface area contributed by atoms with Crippen molar-refractivity contribution in [2.75, 3.05) is 0 Å². The second-order valence-corrected chi connectivity index (χ2v) is 5.19. The molecule has 0 aliphatic heterocycles. The Bertz CT molecular complexity index is 745. The average Bonchev–Trinajstić information content (AvgIpc) is 2.89. The van der Waals surface area contributed by atoms with Crippen LogP contribution < -0.4 is 0 Å². The van der Waals surface area contributed by atoms with Crippen molar-refractivity contribution in [1.29, 1.82) is 0 Å². The SMILES string of the molecule is Cc1ccc(-c2nnc3sc(CC(=O)O)nn23)cc1. The smallest absolute Gasteiger partial charge is 0.310 e. The number of carboxylic acids is 1. The lowest BCUT2D eigenvalue weighted by molar-refractivity contribution is -0.136. The predicted molar refractivity (Wildman–Crippen MR) is 70.2 cm³/mol. The number of hydrogen-bond donors (Lipinski definition) is 1. The van der Waals surface area contributed by atoms with E-state index in [0.29, 0.717) is 15.8 Å². The van der Waals surface area contributed by atoms with Crippen LogP contribution in [-0.2, 0) is 11.2 Å². The van der Waals surface area contributed by atoms with Gasteiger partial charge in [-0.05, 0) is 6.92 Å². The van der Waals surface area contributed by atoms with E-state index in [2.05, 4.69) is 15.3 Å². The van der Waals surface area contributed by atoms with Gasteiger partial charge in [-0.1, -0.05) is 41.2 Å². The van der Waals surface area contributed by atoms with Crippen LogP contribution in [0.15, 0.2) is 24.3 Å². The number of aryl methyl sites for hydroxylation is 1. The van der Waals surface area contributed by atoms with Gasteiger partial charge in [0, 0.05) is 5.56 Å². The fraction of sp³-hybridized carbons (Fsp3) is 0.167. The maximum absolute atomic E-state index is 10.7. The Morgan fingerprint density at radius 2 is 2.05 bits per heavy atom. The highest BCUT2D eigenvalue weighted by atomic mass is 32.1. The van der Waals surface area contributed by atoms with E-state index in [9.17, 15) is 4.79 Å². The molecule has 2 heterocycles. The van der Waals surface area contributed by atoms with Crippen molar-refractivity contribution in [3.8, 4) is 11.4 Å². The number of aliphatic carboxylic acids is 1. The van der Waals surface area contributed by atoms with Gasteiger partial charge >= 0.3 is 5.97 Å². The molecule has 0 aliphatic carbocycles. The van der Waals surface area contributed by atoms with E-state index >= 15 is 0 Å². The lowest BCUT2D eigenvalue weighted by Gasteiger charge is -1.97. The van der Waals surface area contributed by atoms with E-state index in [4.69, 9.17) is 5.11 Å². The molecule has 0 fully saturated rings. The molecule has 0 radical (unpaired) electrons. The Balaban J connectivity index is 2.06. The summed E-state index contributed by atoms with van der Waals surface area (Å²) in [6.45, 7) is 2.01. The first kappa shape index (κ1) is 11.8. The maximum atomic E-state index is 10.7. The zero-order valence-corrected chi connectivity index (χ0v) is 10.9. The third-order valence-corrected chi connectivity index (χ3v) is 3.54. The molecule has 0 spiro atoms. The van der Waals surface area contributed by atoms with Gasteiger partial charge in [-0.2, -0.15) is 9.61 Å². The molecule has 0 saturated heterocycles. The van der Waals surface area contributed by atoms with E-state index in [1.807, 2.05) is 31.2 Å². The van der Waals surface area contributed by atoms with E-state index in [1.165, 1.54) is 11.3 Å². The summed E-state index contributed by atoms with van der Waals surface area (Å²) in [5.74, 6) is -0.273. The van der Waals surface area contributed by atoms with Gasteiger partial charge in [0.05, 0.1) is 6.42 Å². The molecule has 0 unspecified atom stereocenters. The van der Waals surface area contributed by atoms with Crippen LogP contribution in [-0.4, -0.2) is 30.9 Å². The lowest BCUT2D eigenvalue weighted by atomic mass is 10.1. The summed E-state index contributed by atoms with van der Waals surface area (Å²) in [5, 5.41) is 21.6. The Kier molecular flexibility index (Phi) is 2.75. The number of fused-ring (bicyclic) bond motifs is 1. The summed E-state index contributed by atoms with van der Waals surface area (Å²) < 4.78 is 1.59. The quantitative estimate of drug-likeness (QED) is 0.787. The zero-order chi connectivity index (χ0) is 13.4. The minimum absolute atomic E-state index is 0.0959. The summed E-state index contributed by atoms with van der Waals surface area (Å²) in [7, 11) is 0. The van der Waals surface area contributed by atoms with Crippen LogP contribution in [0.2, 0.25) is 0 Å². The van der Waals surface area contributed by atoms with Gasteiger partial charge in [-0.25, -0.2) is 0 Å². The van der Waals surface area contributed by atoms with E-state index in [-0.39, 0.29) is 6.42 Å². The van der Waals surface area contributed by atoms with E-state index in [0.717, 1.165) is 11.1 Å². The van der Waals surface area contributed by atoms with Crippen LogP contribution in [0.25, 0.3) is 16.3 Å². The number of rotatable bonds is 3. The molecule has 6 nitrogen and oxygen atoms in total. The van der Waals surface area contributed by atoms with Crippen LogP contribution in [0.4, 0.5) is 0 Å². The van der Waals surface area contributed by atoms with Gasteiger partial charge in [0.1, 0.15) is 5.01 Å². The molecule has 1 N–H and O–H groups in total. The highest BCUT2D eigenvalue weighted by Crippen LogP contribution is 2.22. The second kappa shape index (κ2) is 4.43. The topological polar surface area (TPSA) is 80.4 Å². The third kappa shape index (κ3) is 2.19. The first-order valence-electron chi connectivity index (χ1n) is 5.63. The highest BCUT2D eigenvalue weighted by Gasteiger charge is 2.14. The number of nitrogens with zero attached hydrogens (tertiary/aromatic N) is 4. The Hall–Kier alpha value is -2.28.